The first-order chi connectivity index (χ1) is 10.1. The fourth-order valence-electron chi connectivity index (χ4n) is 2.87. The van der Waals surface area contributed by atoms with E-state index >= 15 is 0 Å². The van der Waals surface area contributed by atoms with Crippen LogP contribution in [0.2, 0.25) is 0 Å². The number of hydrogen-bond donors (Lipinski definition) is 1. The van der Waals surface area contributed by atoms with Gasteiger partial charge in [0.15, 0.2) is 0 Å². The van der Waals surface area contributed by atoms with E-state index in [4.69, 9.17) is 0 Å². The van der Waals surface area contributed by atoms with Gasteiger partial charge in [0, 0.05) is 57.9 Å². The minimum atomic E-state index is -0.338. The maximum absolute atomic E-state index is 11.0. The lowest BCUT2D eigenvalue weighted by atomic mass is 10.1. The van der Waals surface area contributed by atoms with Gasteiger partial charge in [-0.15, -0.1) is 0 Å². The number of nitrogens with one attached hydrogen (secondary N) is 1. The topological polar surface area (TPSA) is 61.7 Å². The van der Waals surface area contributed by atoms with Gasteiger partial charge < -0.3 is 5.32 Å². The molecule has 2 heterocycles. The number of piperazine rings is 1. The van der Waals surface area contributed by atoms with Crippen LogP contribution in [0.1, 0.15) is 5.56 Å². The molecule has 3 rings (SSSR count). The lowest BCUT2D eigenvalue weighted by Gasteiger charge is -2.43. The number of halogens is 1. The number of rotatable bonds is 4. The van der Waals surface area contributed by atoms with E-state index in [2.05, 4.69) is 31.0 Å². The van der Waals surface area contributed by atoms with Gasteiger partial charge in [0.25, 0.3) is 5.69 Å². The van der Waals surface area contributed by atoms with Gasteiger partial charge in [-0.3, -0.25) is 19.9 Å². The average Bonchev–Trinajstić information content (AvgIpc) is 2.41. The van der Waals surface area contributed by atoms with Crippen LogP contribution in [0.4, 0.5) is 5.69 Å². The SMILES string of the molecule is O=[N+]([O-])c1cc(CN2CCN(C3CNC3)CC2)ccc1Br. The second-order valence-corrected chi connectivity index (χ2v) is 6.52. The Bertz CT molecular complexity index is 528. The Kier molecular flexibility index (Phi) is 4.54. The summed E-state index contributed by atoms with van der Waals surface area (Å²) in [4.78, 5) is 15.5. The van der Waals surface area contributed by atoms with Crippen LogP contribution in [0.25, 0.3) is 0 Å². The summed E-state index contributed by atoms with van der Waals surface area (Å²) in [7, 11) is 0. The number of benzene rings is 1. The Morgan fingerprint density at radius 2 is 2.00 bits per heavy atom. The molecular formula is C14H19BrN4O2. The Hall–Kier alpha value is -1.02. The highest BCUT2D eigenvalue weighted by Crippen LogP contribution is 2.26. The lowest BCUT2D eigenvalue weighted by molar-refractivity contribution is -0.385. The maximum Gasteiger partial charge on any atom is 0.283 e. The van der Waals surface area contributed by atoms with E-state index in [1.165, 1.54) is 0 Å². The fourth-order valence-corrected chi connectivity index (χ4v) is 3.26. The Morgan fingerprint density at radius 3 is 2.57 bits per heavy atom. The van der Waals surface area contributed by atoms with Crippen molar-refractivity contribution in [3.63, 3.8) is 0 Å². The van der Waals surface area contributed by atoms with Crippen LogP contribution in [0.5, 0.6) is 0 Å². The van der Waals surface area contributed by atoms with Crippen molar-refractivity contribution >= 4 is 21.6 Å². The third-order valence-corrected chi connectivity index (χ3v) is 4.97. The molecule has 1 aromatic carbocycles. The quantitative estimate of drug-likeness (QED) is 0.654. The molecule has 21 heavy (non-hydrogen) atoms. The highest BCUT2D eigenvalue weighted by Gasteiger charge is 2.27. The van der Waals surface area contributed by atoms with Gasteiger partial charge in [-0.2, -0.15) is 0 Å². The van der Waals surface area contributed by atoms with E-state index in [0.717, 1.165) is 51.4 Å². The highest BCUT2D eigenvalue weighted by molar-refractivity contribution is 9.10. The molecular weight excluding hydrogens is 336 g/mol. The molecule has 6 nitrogen and oxygen atoms in total. The zero-order valence-electron chi connectivity index (χ0n) is 11.8. The second kappa shape index (κ2) is 6.39. The van der Waals surface area contributed by atoms with Crippen LogP contribution in [-0.2, 0) is 6.54 Å². The van der Waals surface area contributed by atoms with Gasteiger partial charge >= 0.3 is 0 Å². The first kappa shape index (κ1) is 14.9. The van der Waals surface area contributed by atoms with Crippen molar-refractivity contribution < 1.29 is 4.92 Å². The van der Waals surface area contributed by atoms with E-state index in [-0.39, 0.29) is 10.6 Å². The molecule has 0 aromatic heterocycles. The van der Waals surface area contributed by atoms with Gasteiger partial charge in [0.2, 0.25) is 0 Å². The summed E-state index contributed by atoms with van der Waals surface area (Å²) < 4.78 is 0.540. The van der Waals surface area contributed by atoms with Crippen molar-refractivity contribution in [2.45, 2.75) is 12.6 Å². The Balaban J connectivity index is 1.57. The lowest BCUT2D eigenvalue weighted by Crippen LogP contribution is -2.61. The minimum Gasteiger partial charge on any atom is -0.314 e. The van der Waals surface area contributed by atoms with Crippen LogP contribution in [-0.4, -0.2) is 60.0 Å². The van der Waals surface area contributed by atoms with E-state index in [0.29, 0.717) is 10.5 Å². The molecule has 0 unspecified atom stereocenters. The van der Waals surface area contributed by atoms with Gasteiger partial charge in [-0.05, 0) is 27.6 Å². The van der Waals surface area contributed by atoms with Gasteiger partial charge in [-0.1, -0.05) is 6.07 Å². The summed E-state index contributed by atoms with van der Waals surface area (Å²) in [5.41, 5.74) is 1.15. The largest absolute Gasteiger partial charge is 0.314 e. The molecule has 0 spiro atoms. The van der Waals surface area contributed by atoms with E-state index in [1.807, 2.05) is 6.07 Å². The van der Waals surface area contributed by atoms with Crippen molar-refractivity contribution in [3.05, 3.63) is 38.3 Å². The summed E-state index contributed by atoms with van der Waals surface area (Å²) in [6.07, 6.45) is 0. The average molecular weight is 355 g/mol. The molecule has 2 saturated heterocycles. The van der Waals surface area contributed by atoms with Crippen LogP contribution in [0, 0.1) is 10.1 Å². The minimum absolute atomic E-state index is 0.145. The third-order valence-electron chi connectivity index (χ3n) is 4.30. The summed E-state index contributed by atoms with van der Waals surface area (Å²) >= 11 is 3.23. The number of nitro benzene ring substituents is 1. The van der Waals surface area contributed by atoms with Crippen molar-refractivity contribution in [1.82, 2.24) is 15.1 Å². The molecule has 0 atom stereocenters. The third kappa shape index (κ3) is 3.42. The van der Waals surface area contributed by atoms with E-state index < -0.39 is 0 Å². The second-order valence-electron chi connectivity index (χ2n) is 5.67. The number of hydrogen-bond acceptors (Lipinski definition) is 5. The summed E-state index contributed by atoms with van der Waals surface area (Å²) in [6.45, 7) is 7.24. The van der Waals surface area contributed by atoms with Crippen LogP contribution < -0.4 is 5.32 Å². The Labute approximate surface area is 132 Å². The number of nitrogens with zero attached hydrogens (tertiary/aromatic N) is 3. The first-order valence-corrected chi connectivity index (χ1v) is 8.03. The zero-order valence-corrected chi connectivity index (χ0v) is 13.4. The molecule has 0 saturated carbocycles. The van der Waals surface area contributed by atoms with E-state index in [1.54, 1.807) is 12.1 Å². The molecule has 0 amide bonds. The first-order valence-electron chi connectivity index (χ1n) is 7.23. The standard InChI is InChI=1S/C14H19BrN4O2/c15-13-2-1-11(7-14(13)19(20)21)10-17-3-5-18(6-4-17)12-8-16-9-12/h1-2,7,12,16H,3-6,8-10H2. The zero-order chi connectivity index (χ0) is 14.8. The van der Waals surface area contributed by atoms with Gasteiger partial charge in [-0.25, -0.2) is 0 Å². The monoisotopic (exact) mass is 354 g/mol. The van der Waals surface area contributed by atoms with Crippen molar-refractivity contribution in [2.75, 3.05) is 39.3 Å². The van der Waals surface area contributed by atoms with Crippen LogP contribution in [0.3, 0.4) is 0 Å². The molecule has 0 aliphatic carbocycles. The molecule has 0 bridgehead atoms. The molecule has 2 aliphatic rings. The molecule has 1 N–H and O–H groups in total. The van der Waals surface area contributed by atoms with Crippen molar-refractivity contribution in [3.8, 4) is 0 Å². The Morgan fingerprint density at radius 1 is 1.29 bits per heavy atom. The number of nitro groups is 1. The summed E-state index contributed by atoms with van der Waals surface area (Å²) in [5, 5.41) is 14.3. The molecule has 7 heteroatoms. The van der Waals surface area contributed by atoms with Crippen molar-refractivity contribution in [2.24, 2.45) is 0 Å². The molecule has 1 aromatic rings. The predicted molar refractivity (Wildman–Crippen MR) is 84.3 cm³/mol. The van der Waals surface area contributed by atoms with Crippen molar-refractivity contribution in [1.29, 1.82) is 0 Å². The summed E-state index contributed by atoms with van der Waals surface area (Å²) in [6, 6.07) is 6.11. The smallest absolute Gasteiger partial charge is 0.283 e. The van der Waals surface area contributed by atoms with Crippen LogP contribution in [0.15, 0.2) is 22.7 Å². The van der Waals surface area contributed by atoms with Crippen LogP contribution >= 0.6 is 15.9 Å². The maximum atomic E-state index is 11.0. The van der Waals surface area contributed by atoms with E-state index in [9.17, 15) is 10.1 Å². The molecule has 0 radical (unpaired) electrons. The normalized spacial score (nSPS) is 21.2. The predicted octanol–water partition coefficient (Wildman–Crippen LogP) is 1.45. The highest BCUT2D eigenvalue weighted by atomic mass is 79.9. The molecule has 114 valence electrons. The van der Waals surface area contributed by atoms with Gasteiger partial charge in [0.05, 0.1) is 9.40 Å². The fraction of sp³-hybridized carbons (Fsp3) is 0.571. The summed E-state index contributed by atoms with van der Waals surface area (Å²) in [5.74, 6) is 0. The molecule has 2 aliphatic heterocycles. The van der Waals surface area contributed by atoms with Gasteiger partial charge in [0.1, 0.15) is 0 Å². The molecule has 2 fully saturated rings.